The molecule has 0 radical (unpaired) electrons. The molecule has 4 rings (SSSR count). The van der Waals surface area contributed by atoms with Gasteiger partial charge in [-0.15, -0.1) is 0 Å². The van der Waals surface area contributed by atoms with E-state index >= 15 is 0 Å². The fourth-order valence-electron chi connectivity index (χ4n) is 4.93. The molecule has 1 N–H and O–H groups in total. The molecule has 0 spiro atoms. The molecule has 2 atom stereocenters. The summed E-state index contributed by atoms with van der Waals surface area (Å²) in [6.45, 7) is 2.49. The zero-order valence-corrected chi connectivity index (χ0v) is 23.2. The summed E-state index contributed by atoms with van der Waals surface area (Å²) in [6, 6.07) is 21.0. The van der Waals surface area contributed by atoms with Crippen LogP contribution >= 0.6 is 0 Å². The zero-order chi connectivity index (χ0) is 28.8. The van der Waals surface area contributed by atoms with E-state index in [9.17, 15) is 14.0 Å². The highest BCUT2D eigenvalue weighted by molar-refractivity contribution is 5.80. The second kappa shape index (κ2) is 12.3. The number of nitrogens with one attached hydrogen (secondary N) is 1. The number of amides is 2. The van der Waals surface area contributed by atoms with Crippen molar-refractivity contribution < 1.29 is 32.9 Å². The molecule has 0 aromatic heterocycles. The highest BCUT2D eigenvalue weighted by atomic mass is 19.1. The van der Waals surface area contributed by atoms with Crippen LogP contribution in [0.4, 0.5) is 9.18 Å². The van der Waals surface area contributed by atoms with Crippen LogP contribution in [0.3, 0.4) is 0 Å². The zero-order valence-electron chi connectivity index (χ0n) is 23.2. The van der Waals surface area contributed by atoms with E-state index in [0.717, 1.165) is 16.9 Å². The molecule has 3 aromatic carbocycles. The van der Waals surface area contributed by atoms with Crippen molar-refractivity contribution in [1.29, 1.82) is 0 Å². The third-order valence-electron chi connectivity index (χ3n) is 7.37. The van der Waals surface area contributed by atoms with Gasteiger partial charge in [-0.05, 0) is 60.9 Å². The van der Waals surface area contributed by atoms with Crippen LogP contribution in [-0.4, -0.2) is 62.5 Å². The lowest BCUT2D eigenvalue weighted by atomic mass is 9.87. The number of para-hydroxylation sites is 1. The molecule has 8 nitrogen and oxygen atoms in total. The number of hydrogen-bond acceptors (Lipinski definition) is 6. The number of halogens is 1. The Hall–Kier alpha value is -4.27. The molecule has 0 saturated carbocycles. The molecule has 0 aliphatic carbocycles. The number of benzene rings is 3. The molecule has 1 aliphatic rings. The van der Waals surface area contributed by atoms with Crippen molar-refractivity contribution in [1.82, 2.24) is 10.2 Å². The van der Waals surface area contributed by atoms with Crippen LogP contribution in [0, 0.1) is 5.82 Å². The second-order valence-electron chi connectivity index (χ2n) is 10.1. The highest BCUT2D eigenvalue weighted by Crippen LogP contribution is 2.30. The maximum Gasteiger partial charge on any atom is 0.350 e. The van der Waals surface area contributed by atoms with E-state index in [0.29, 0.717) is 31.7 Å². The number of ether oxygens (including phenoxy) is 4. The average Bonchev–Trinajstić information content (AvgIpc) is 3.23. The lowest BCUT2D eigenvalue weighted by Crippen LogP contribution is -2.47. The second-order valence-corrected chi connectivity index (χ2v) is 10.1. The van der Waals surface area contributed by atoms with E-state index < -0.39 is 22.9 Å². The van der Waals surface area contributed by atoms with Gasteiger partial charge in [-0.3, -0.25) is 0 Å². The third-order valence-corrected chi connectivity index (χ3v) is 7.37. The molecule has 9 heteroatoms. The number of rotatable bonds is 12. The topological polar surface area (TPSA) is 86.3 Å². The summed E-state index contributed by atoms with van der Waals surface area (Å²) in [6.07, 6.45) is 1.45. The van der Waals surface area contributed by atoms with Gasteiger partial charge in [0, 0.05) is 26.4 Å². The van der Waals surface area contributed by atoms with Crippen LogP contribution < -0.4 is 19.5 Å². The Labute approximate surface area is 234 Å². The van der Waals surface area contributed by atoms with E-state index in [1.807, 2.05) is 55.6 Å². The summed E-state index contributed by atoms with van der Waals surface area (Å²) in [4.78, 5) is 26.7. The van der Waals surface area contributed by atoms with Crippen molar-refractivity contribution in [2.45, 2.75) is 37.3 Å². The third kappa shape index (κ3) is 6.47. The van der Waals surface area contributed by atoms with Crippen molar-refractivity contribution in [3.63, 3.8) is 0 Å². The minimum atomic E-state index is -1.43. The van der Waals surface area contributed by atoms with Gasteiger partial charge in [0.15, 0.2) is 11.6 Å². The number of hydrogen-bond donors (Lipinski definition) is 1. The summed E-state index contributed by atoms with van der Waals surface area (Å²) in [5, 5.41) is 2.95. The Morgan fingerprint density at radius 3 is 2.25 bits per heavy atom. The summed E-state index contributed by atoms with van der Waals surface area (Å²) >= 11 is 0. The van der Waals surface area contributed by atoms with E-state index in [2.05, 4.69) is 5.32 Å². The Balaban J connectivity index is 1.40. The molecule has 2 amide bonds. The quantitative estimate of drug-likeness (QED) is 0.327. The molecular weight excluding hydrogens is 515 g/mol. The Morgan fingerprint density at radius 1 is 1.00 bits per heavy atom. The van der Waals surface area contributed by atoms with Gasteiger partial charge in [-0.25, -0.2) is 14.0 Å². The van der Waals surface area contributed by atoms with Gasteiger partial charge in [-0.2, -0.15) is 0 Å². The number of urea groups is 1. The summed E-state index contributed by atoms with van der Waals surface area (Å²) in [7, 11) is 4.71. The van der Waals surface area contributed by atoms with Crippen molar-refractivity contribution in [2.75, 3.05) is 34.4 Å². The van der Waals surface area contributed by atoms with Crippen molar-refractivity contribution in [3.8, 4) is 17.2 Å². The predicted molar refractivity (Wildman–Crippen MR) is 148 cm³/mol. The van der Waals surface area contributed by atoms with Gasteiger partial charge >= 0.3 is 12.0 Å². The molecule has 1 fully saturated rings. The Kier molecular flexibility index (Phi) is 8.82. The van der Waals surface area contributed by atoms with E-state index in [4.69, 9.17) is 18.9 Å². The number of methoxy groups -OCH3 is 2. The molecule has 1 aliphatic heterocycles. The first-order chi connectivity index (χ1) is 19.2. The fourth-order valence-corrected chi connectivity index (χ4v) is 4.93. The summed E-state index contributed by atoms with van der Waals surface area (Å²) in [5.41, 5.74) is 0.0234. The maximum absolute atomic E-state index is 14.2. The van der Waals surface area contributed by atoms with Crippen LogP contribution in [0.25, 0.3) is 0 Å². The van der Waals surface area contributed by atoms with Crippen molar-refractivity contribution in [3.05, 3.63) is 89.7 Å². The van der Waals surface area contributed by atoms with E-state index in [1.54, 1.807) is 31.1 Å². The normalized spacial score (nSPS) is 18.0. The van der Waals surface area contributed by atoms with Gasteiger partial charge in [0.1, 0.15) is 11.5 Å². The largest absolute Gasteiger partial charge is 0.497 e. The van der Waals surface area contributed by atoms with Crippen LogP contribution in [0.1, 0.15) is 24.5 Å². The summed E-state index contributed by atoms with van der Waals surface area (Å²) < 4.78 is 36.3. The summed E-state index contributed by atoms with van der Waals surface area (Å²) in [5.74, 6) is 0.240. The molecule has 212 valence electrons. The van der Waals surface area contributed by atoms with Gasteiger partial charge in [0.05, 0.1) is 26.4 Å². The number of carbonyl (C=O) groups excluding carboxylic acids is 2. The average molecular weight is 551 g/mol. The molecule has 1 heterocycles. The smallest absolute Gasteiger partial charge is 0.350 e. The van der Waals surface area contributed by atoms with E-state index in [-0.39, 0.29) is 18.2 Å². The van der Waals surface area contributed by atoms with Crippen LogP contribution in [0.15, 0.2) is 72.8 Å². The molecule has 0 bridgehead atoms. The van der Waals surface area contributed by atoms with E-state index in [1.165, 1.54) is 19.2 Å². The monoisotopic (exact) mass is 550 g/mol. The number of likely N-dealkylation sites (N-methyl/N-ethyl adjacent to an activating group) is 1. The first-order valence-electron chi connectivity index (χ1n) is 13.1. The minimum absolute atomic E-state index is 0.0243. The number of carbonyl (C=O) groups is 2. The first-order valence-corrected chi connectivity index (χ1v) is 13.1. The highest BCUT2D eigenvalue weighted by Gasteiger charge is 2.43. The van der Waals surface area contributed by atoms with Crippen molar-refractivity contribution in [2.24, 2.45) is 0 Å². The van der Waals surface area contributed by atoms with Gasteiger partial charge in [0.25, 0.3) is 0 Å². The van der Waals surface area contributed by atoms with Crippen LogP contribution in [-0.2, 0) is 22.4 Å². The first kappa shape index (κ1) is 28.7. The predicted octanol–water partition coefficient (Wildman–Crippen LogP) is 4.79. The van der Waals surface area contributed by atoms with Gasteiger partial charge in [0.2, 0.25) is 5.60 Å². The maximum atomic E-state index is 14.2. The molecule has 2 unspecified atom stereocenters. The molecule has 1 saturated heterocycles. The lowest BCUT2D eigenvalue weighted by molar-refractivity contribution is -0.157. The van der Waals surface area contributed by atoms with Crippen LogP contribution in [0.5, 0.6) is 17.2 Å². The van der Waals surface area contributed by atoms with Gasteiger partial charge in [-0.1, -0.05) is 36.4 Å². The molecule has 40 heavy (non-hydrogen) atoms. The molecule has 3 aromatic rings. The molecular formula is C31H35FN2O6. The fraction of sp³-hybridized carbons (Fsp3) is 0.355. The standard InChI is InChI=1S/C31H35FN2O6/c1-30(28(35)38-4,40-27-8-6-5-7-26(27)32)19-22-11-15-25(16-12-22)39-18-17-31(21-33-29(36)34(31)2)20-23-9-13-24(37-3)14-10-23/h5-16H,17-21H2,1-4H3,(H,33,36). The van der Waals surface area contributed by atoms with Crippen molar-refractivity contribution >= 4 is 12.0 Å². The number of esters is 1. The lowest BCUT2D eigenvalue weighted by Gasteiger charge is -2.35. The SMILES string of the molecule is COC(=O)C(C)(Cc1ccc(OCCC2(Cc3ccc(OC)cc3)CNC(=O)N2C)cc1)Oc1ccccc1F. The minimum Gasteiger partial charge on any atom is -0.497 e. The number of nitrogens with zero attached hydrogens (tertiary/aromatic N) is 1. The van der Waals surface area contributed by atoms with Gasteiger partial charge < -0.3 is 29.2 Å². The Bertz CT molecular complexity index is 1320. The van der Waals surface area contributed by atoms with Crippen LogP contribution in [0.2, 0.25) is 0 Å². The Morgan fingerprint density at radius 2 is 1.65 bits per heavy atom.